The highest BCUT2D eigenvalue weighted by molar-refractivity contribution is 9.10. The highest BCUT2D eigenvalue weighted by Gasteiger charge is 2.31. The van der Waals surface area contributed by atoms with Gasteiger partial charge in [0.25, 0.3) is 5.91 Å². The Labute approximate surface area is 147 Å². The van der Waals surface area contributed by atoms with Crippen LogP contribution in [-0.4, -0.2) is 17.6 Å². The predicted molar refractivity (Wildman–Crippen MR) is 95.0 cm³/mol. The van der Waals surface area contributed by atoms with Gasteiger partial charge in [-0.2, -0.15) is 0 Å². The summed E-state index contributed by atoms with van der Waals surface area (Å²) in [6.07, 6.45) is 0.700. The number of fused-ring (bicyclic) bond motifs is 2. The van der Waals surface area contributed by atoms with Crippen molar-refractivity contribution in [2.24, 2.45) is 0 Å². The molecule has 0 radical (unpaired) electrons. The normalized spacial score (nSPS) is 19.4. The zero-order valence-corrected chi connectivity index (χ0v) is 14.4. The quantitative estimate of drug-likeness (QED) is 0.711. The van der Waals surface area contributed by atoms with Crippen molar-refractivity contribution in [2.75, 3.05) is 6.61 Å². The summed E-state index contributed by atoms with van der Waals surface area (Å²) in [5, 5.41) is 13.5. The molecule has 2 atom stereocenters. The van der Waals surface area contributed by atoms with Crippen molar-refractivity contribution in [2.45, 2.75) is 18.4 Å². The minimum absolute atomic E-state index is 0.0660. The molecule has 1 amide bonds. The molecule has 4 rings (SSSR count). The summed E-state index contributed by atoms with van der Waals surface area (Å²) in [6.45, 7) is 0.0843. The van der Waals surface area contributed by atoms with Gasteiger partial charge in [0.2, 0.25) is 0 Å². The van der Waals surface area contributed by atoms with E-state index in [0.29, 0.717) is 17.8 Å². The topological polar surface area (TPSA) is 62.5 Å². The largest absolute Gasteiger partial charge is 0.450 e. The molecule has 24 heavy (non-hydrogen) atoms. The van der Waals surface area contributed by atoms with Crippen molar-refractivity contribution in [1.82, 2.24) is 5.32 Å². The van der Waals surface area contributed by atoms with E-state index in [2.05, 4.69) is 21.2 Å². The number of hydrogen-bond acceptors (Lipinski definition) is 3. The van der Waals surface area contributed by atoms with E-state index >= 15 is 0 Å². The van der Waals surface area contributed by atoms with Crippen molar-refractivity contribution in [1.29, 1.82) is 0 Å². The highest BCUT2D eigenvalue weighted by Crippen LogP contribution is 2.40. The van der Waals surface area contributed by atoms with Gasteiger partial charge in [0.15, 0.2) is 5.76 Å². The van der Waals surface area contributed by atoms with Crippen molar-refractivity contribution in [3.8, 4) is 0 Å². The molecule has 0 saturated heterocycles. The third-order valence-electron chi connectivity index (χ3n) is 4.58. The summed E-state index contributed by atoms with van der Waals surface area (Å²) >= 11 is 3.43. The lowest BCUT2D eigenvalue weighted by molar-refractivity contribution is 0.0908. The van der Waals surface area contributed by atoms with Crippen LogP contribution in [0.5, 0.6) is 0 Å². The van der Waals surface area contributed by atoms with E-state index in [1.807, 2.05) is 42.5 Å². The van der Waals surface area contributed by atoms with Crippen LogP contribution in [0.2, 0.25) is 0 Å². The van der Waals surface area contributed by atoms with Crippen LogP contribution in [0.25, 0.3) is 11.0 Å². The molecule has 0 spiro atoms. The van der Waals surface area contributed by atoms with Crippen LogP contribution in [0.15, 0.2) is 57.4 Å². The van der Waals surface area contributed by atoms with Crippen LogP contribution in [0, 0.1) is 0 Å². The molecule has 1 heterocycles. The molecule has 1 aliphatic rings. The fraction of sp³-hybridized carbons (Fsp3) is 0.211. The van der Waals surface area contributed by atoms with Crippen LogP contribution in [0.3, 0.4) is 0 Å². The van der Waals surface area contributed by atoms with Gasteiger partial charge in [-0.25, -0.2) is 0 Å². The zero-order valence-electron chi connectivity index (χ0n) is 12.8. The molecule has 2 N–H and O–H groups in total. The number of benzene rings is 2. The number of carbonyl (C=O) groups excluding carboxylic acids is 1. The van der Waals surface area contributed by atoms with Crippen LogP contribution >= 0.6 is 15.9 Å². The van der Waals surface area contributed by atoms with E-state index in [1.165, 1.54) is 0 Å². The molecule has 0 aliphatic heterocycles. The molecule has 3 aromatic rings. The van der Waals surface area contributed by atoms with Crippen molar-refractivity contribution < 1.29 is 14.3 Å². The molecule has 122 valence electrons. The van der Waals surface area contributed by atoms with Gasteiger partial charge >= 0.3 is 0 Å². The van der Waals surface area contributed by atoms with Gasteiger partial charge in [-0.15, -0.1) is 0 Å². The second-order valence-electron chi connectivity index (χ2n) is 6.04. The Hall–Kier alpha value is -2.11. The first kappa shape index (κ1) is 15.4. The van der Waals surface area contributed by atoms with Gasteiger partial charge in [0.05, 0.1) is 17.1 Å². The number of furan rings is 1. The monoisotopic (exact) mass is 385 g/mol. The molecule has 1 aromatic heterocycles. The van der Waals surface area contributed by atoms with E-state index in [9.17, 15) is 9.90 Å². The van der Waals surface area contributed by atoms with E-state index in [4.69, 9.17) is 4.42 Å². The minimum atomic E-state index is -0.239. The molecular formula is C19H16BrNO3. The van der Waals surface area contributed by atoms with Crippen LogP contribution < -0.4 is 5.32 Å². The van der Waals surface area contributed by atoms with Crippen molar-refractivity contribution >= 4 is 32.8 Å². The molecule has 2 aromatic carbocycles. The maximum Gasteiger partial charge on any atom is 0.287 e. The van der Waals surface area contributed by atoms with Crippen LogP contribution in [0.1, 0.15) is 40.1 Å². The standard InChI is InChI=1S/C19H16BrNO3/c20-15-7-3-4-11-9-17(24-18(11)15)19(23)21-16-8-12(10-22)13-5-1-2-6-14(13)16/h1-7,9,12,16,22H,8,10H2,(H,21,23)/t12-,16+/m1/s1. The van der Waals surface area contributed by atoms with E-state index in [-0.39, 0.29) is 24.5 Å². The first-order chi connectivity index (χ1) is 11.7. The summed E-state index contributed by atoms with van der Waals surface area (Å²) in [5.41, 5.74) is 2.85. The smallest absolute Gasteiger partial charge is 0.287 e. The molecule has 0 fully saturated rings. The Morgan fingerprint density at radius 3 is 2.75 bits per heavy atom. The number of para-hydroxylation sites is 1. The number of aliphatic hydroxyl groups excluding tert-OH is 1. The minimum Gasteiger partial charge on any atom is -0.450 e. The predicted octanol–water partition coefficient (Wildman–Crippen LogP) is 4.15. The first-order valence-electron chi connectivity index (χ1n) is 7.86. The number of carbonyl (C=O) groups is 1. The summed E-state index contributed by atoms with van der Waals surface area (Å²) in [7, 11) is 0. The average molecular weight is 386 g/mol. The second-order valence-corrected chi connectivity index (χ2v) is 6.89. The highest BCUT2D eigenvalue weighted by atomic mass is 79.9. The van der Waals surface area contributed by atoms with Crippen LogP contribution in [0.4, 0.5) is 0 Å². The van der Waals surface area contributed by atoms with E-state index in [1.54, 1.807) is 6.07 Å². The number of amides is 1. The Bertz CT molecular complexity index is 918. The average Bonchev–Trinajstić information content (AvgIpc) is 3.18. The Morgan fingerprint density at radius 1 is 1.21 bits per heavy atom. The SMILES string of the molecule is O=C(N[C@H]1C[C@H](CO)c2ccccc21)c1cc2cccc(Br)c2o1. The number of aliphatic hydroxyl groups is 1. The molecule has 0 saturated carbocycles. The summed E-state index contributed by atoms with van der Waals surface area (Å²) in [4.78, 5) is 12.6. The van der Waals surface area contributed by atoms with Gasteiger partial charge in [-0.1, -0.05) is 36.4 Å². The molecule has 4 nitrogen and oxygen atoms in total. The van der Waals surface area contributed by atoms with Crippen LogP contribution in [-0.2, 0) is 0 Å². The second kappa shape index (κ2) is 6.07. The lowest BCUT2D eigenvalue weighted by atomic mass is 10.0. The first-order valence-corrected chi connectivity index (χ1v) is 8.65. The molecule has 0 bridgehead atoms. The maximum atomic E-state index is 12.6. The van der Waals surface area contributed by atoms with Crippen molar-refractivity contribution in [3.63, 3.8) is 0 Å². The van der Waals surface area contributed by atoms with Crippen molar-refractivity contribution in [3.05, 3.63) is 69.9 Å². The maximum absolute atomic E-state index is 12.6. The molecule has 0 unspecified atom stereocenters. The van der Waals surface area contributed by atoms with Gasteiger partial charge < -0.3 is 14.8 Å². The van der Waals surface area contributed by atoms with Gasteiger partial charge in [0.1, 0.15) is 5.58 Å². The fourth-order valence-electron chi connectivity index (χ4n) is 3.42. The number of halogens is 1. The zero-order chi connectivity index (χ0) is 16.7. The lowest BCUT2D eigenvalue weighted by Gasteiger charge is -2.13. The Balaban J connectivity index is 1.61. The van der Waals surface area contributed by atoms with Gasteiger partial charge in [-0.05, 0) is 45.6 Å². The van der Waals surface area contributed by atoms with Gasteiger partial charge in [0, 0.05) is 11.3 Å². The Morgan fingerprint density at radius 2 is 2.00 bits per heavy atom. The van der Waals surface area contributed by atoms with E-state index < -0.39 is 0 Å². The molecule has 1 aliphatic carbocycles. The lowest BCUT2D eigenvalue weighted by Crippen LogP contribution is -2.27. The third kappa shape index (κ3) is 2.54. The summed E-state index contributed by atoms with van der Waals surface area (Å²) < 4.78 is 6.53. The molecular weight excluding hydrogens is 370 g/mol. The number of hydrogen-bond donors (Lipinski definition) is 2. The Kier molecular flexibility index (Phi) is 3.90. The number of rotatable bonds is 3. The van der Waals surface area contributed by atoms with Gasteiger partial charge in [-0.3, -0.25) is 4.79 Å². The van der Waals surface area contributed by atoms with E-state index in [0.717, 1.165) is 21.0 Å². The fourth-order valence-corrected chi connectivity index (χ4v) is 3.88. The number of nitrogens with one attached hydrogen (secondary N) is 1. The summed E-state index contributed by atoms with van der Waals surface area (Å²) in [5.74, 6) is 0.120. The summed E-state index contributed by atoms with van der Waals surface area (Å²) in [6, 6.07) is 15.3. The third-order valence-corrected chi connectivity index (χ3v) is 5.20. The molecule has 5 heteroatoms.